The summed E-state index contributed by atoms with van der Waals surface area (Å²) in [5.74, 6) is 1.10. The molecule has 0 heterocycles. The second-order valence-electron chi connectivity index (χ2n) is 5.98. The first-order valence-electron chi connectivity index (χ1n) is 6.92. The molecule has 1 aromatic rings. The Morgan fingerprint density at radius 3 is 1.78 bits per heavy atom. The molecule has 2 saturated carbocycles. The predicted molar refractivity (Wildman–Crippen MR) is 67.4 cm³/mol. The van der Waals surface area contributed by atoms with E-state index in [1.54, 1.807) is 0 Å². The van der Waals surface area contributed by atoms with Gasteiger partial charge < -0.3 is 0 Å². The van der Waals surface area contributed by atoms with Crippen LogP contribution in [0.5, 0.6) is 0 Å². The van der Waals surface area contributed by atoms with Gasteiger partial charge in [-0.25, -0.2) is 0 Å². The first-order valence-corrected chi connectivity index (χ1v) is 6.92. The van der Waals surface area contributed by atoms with Gasteiger partial charge in [-0.3, -0.25) is 9.59 Å². The van der Waals surface area contributed by atoms with E-state index in [0.717, 1.165) is 36.8 Å². The van der Waals surface area contributed by atoms with Crippen LogP contribution in [0.2, 0.25) is 0 Å². The maximum Gasteiger partial charge on any atom is 0.143 e. The molecule has 0 radical (unpaired) electrons. The van der Waals surface area contributed by atoms with Gasteiger partial charge in [-0.1, -0.05) is 24.3 Å². The summed E-state index contributed by atoms with van der Waals surface area (Å²) in [4.78, 5) is 25.1. The highest BCUT2D eigenvalue weighted by Crippen LogP contribution is 2.50. The molecule has 0 saturated heterocycles. The number of ketones is 2. The summed E-state index contributed by atoms with van der Waals surface area (Å²) in [6.45, 7) is 0. The van der Waals surface area contributed by atoms with E-state index in [0.29, 0.717) is 11.6 Å². The van der Waals surface area contributed by atoms with Crippen molar-refractivity contribution in [3.63, 3.8) is 0 Å². The average Bonchev–Trinajstić information content (AvgIpc) is 3.02. The maximum atomic E-state index is 12.6. The second kappa shape index (κ2) is 3.53. The average molecular weight is 240 g/mol. The van der Waals surface area contributed by atoms with E-state index < -0.39 is 0 Å². The van der Waals surface area contributed by atoms with Gasteiger partial charge in [-0.05, 0) is 36.8 Å². The Morgan fingerprint density at radius 2 is 1.28 bits per heavy atom. The number of rotatable bonds is 0. The van der Waals surface area contributed by atoms with Gasteiger partial charge in [0.15, 0.2) is 0 Å². The normalized spacial score (nSPS) is 37.3. The number of hydrogen-bond donors (Lipinski definition) is 0. The molecule has 4 atom stereocenters. The molecule has 0 spiro atoms. The first-order chi connectivity index (χ1) is 8.75. The van der Waals surface area contributed by atoms with Gasteiger partial charge in [0.25, 0.3) is 0 Å². The van der Waals surface area contributed by atoms with Crippen molar-refractivity contribution >= 4 is 11.6 Å². The zero-order chi connectivity index (χ0) is 12.3. The van der Waals surface area contributed by atoms with Gasteiger partial charge in [-0.15, -0.1) is 0 Å². The third-order valence-electron chi connectivity index (χ3n) is 5.14. The maximum absolute atomic E-state index is 12.6. The van der Waals surface area contributed by atoms with Crippen LogP contribution < -0.4 is 0 Å². The number of benzene rings is 1. The Morgan fingerprint density at radius 1 is 0.778 bits per heavy atom. The Kier molecular flexibility index (Phi) is 2.06. The summed E-state index contributed by atoms with van der Waals surface area (Å²) in [6.07, 6.45) is 3.42. The van der Waals surface area contributed by atoms with Crippen molar-refractivity contribution in [3.8, 4) is 0 Å². The number of Topliss-reactive ketones (excluding diaryl/α,β-unsaturated/α-hetero) is 2. The summed E-state index contributed by atoms with van der Waals surface area (Å²) < 4.78 is 0. The minimum atomic E-state index is -0.000741. The molecular formula is C16H16O2. The highest BCUT2D eigenvalue weighted by atomic mass is 16.1. The third-order valence-corrected chi connectivity index (χ3v) is 5.14. The lowest BCUT2D eigenvalue weighted by atomic mass is 9.81. The third kappa shape index (κ3) is 1.23. The van der Waals surface area contributed by atoms with E-state index in [1.807, 2.05) is 24.3 Å². The summed E-state index contributed by atoms with van der Waals surface area (Å²) in [7, 11) is 0. The molecule has 92 valence electrons. The number of hydrogen-bond acceptors (Lipinski definition) is 2. The van der Waals surface area contributed by atoms with Crippen LogP contribution >= 0.6 is 0 Å². The van der Waals surface area contributed by atoms with Crippen LogP contribution in [0.3, 0.4) is 0 Å². The van der Waals surface area contributed by atoms with Crippen molar-refractivity contribution in [2.24, 2.45) is 11.8 Å². The minimum absolute atomic E-state index is 0.000741. The molecule has 0 aliphatic heterocycles. The van der Waals surface area contributed by atoms with E-state index >= 15 is 0 Å². The Bertz CT molecular complexity index is 499. The van der Waals surface area contributed by atoms with E-state index in [2.05, 4.69) is 0 Å². The second-order valence-corrected chi connectivity index (χ2v) is 5.98. The van der Waals surface area contributed by atoms with Gasteiger partial charge in [-0.2, -0.15) is 0 Å². The predicted octanol–water partition coefficient (Wildman–Crippen LogP) is 2.83. The van der Waals surface area contributed by atoms with E-state index in [9.17, 15) is 9.59 Å². The smallest absolute Gasteiger partial charge is 0.143 e. The summed E-state index contributed by atoms with van der Waals surface area (Å²) in [6, 6.07) is 8.07. The Labute approximate surface area is 106 Å². The topological polar surface area (TPSA) is 34.1 Å². The van der Waals surface area contributed by atoms with E-state index in [1.165, 1.54) is 0 Å². The summed E-state index contributed by atoms with van der Waals surface area (Å²) in [5, 5.41) is 0. The zero-order valence-electron chi connectivity index (χ0n) is 10.3. The lowest BCUT2D eigenvalue weighted by Gasteiger charge is -2.20. The molecule has 0 unspecified atom stereocenters. The fourth-order valence-electron chi connectivity index (χ4n) is 4.24. The van der Waals surface area contributed by atoms with Gasteiger partial charge in [0, 0.05) is 23.7 Å². The van der Waals surface area contributed by atoms with Gasteiger partial charge in [0.2, 0.25) is 0 Å². The van der Waals surface area contributed by atoms with E-state index in [-0.39, 0.29) is 23.7 Å². The van der Waals surface area contributed by atoms with Gasteiger partial charge >= 0.3 is 0 Å². The zero-order valence-corrected chi connectivity index (χ0v) is 10.3. The lowest BCUT2D eigenvalue weighted by molar-refractivity contribution is -0.127. The van der Waals surface area contributed by atoms with E-state index in [4.69, 9.17) is 0 Å². The van der Waals surface area contributed by atoms with Crippen molar-refractivity contribution in [3.05, 3.63) is 35.4 Å². The minimum Gasteiger partial charge on any atom is -0.299 e. The lowest BCUT2D eigenvalue weighted by Crippen LogP contribution is -2.25. The Balaban J connectivity index is 1.89. The molecule has 4 rings (SSSR count). The van der Waals surface area contributed by atoms with Crippen LogP contribution in [-0.4, -0.2) is 11.6 Å². The molecule has 0 N–H and O–H groups in total. The van der Waals surface area contributed by atoms with Crippen LogP contribution in [0.25, 0.3) is 0 Å². The highest BCUT2D eigenvalue weighted by Gasteiger charge is 2.48. The van der Waals surface area contributed by atoms with Crippen molar-refractivity contribution in [1.29, 1.82) is 0 Å². The molecule has 0 aromatic heterocycles. The number of fused-ring (bicyclic) bond motifs is 7. The number of carbonyl (C=O) groups excluding carboxylic acids is 2. The molecule has 2 nitrogen and oxygen atoms in total. The Hall–Kier alpha value is -1.44. The fourth-order valence-corrected chi connectivity index (χ4v) is 4.24. The van der Waals surface area contributed by atoms with Crippen LogP contribution in [0.1, 0.15) is 48.6 Å². The SMILES string of the molecule is O=C1[C@@H]2CC[C@@H](C2)C(=O)[C@@H]2C[C@@H]1c1ccccc12. The fraction of sp³-hybridized carbons (Fsp3) is 0.500. The largest absolute Gasteiger partial charge is 0.299 e. The van der Waals surface area contributed by atoms with Crippen molar-refractivity contribution in [2.75, 3.05) is 0 Å². The van der Waals surface area contributed by atoms with Crippen LogP contribution in [-0.2, 0) is 9.59 Å². The number of carbonyl (C=O) groups is 2. The molecule has 1 aromatic carbocycles. The van der Waals surface area contributed by atoms with Crippen molar-refractivity contribution in [1.82, 2.24) is 0 Å². The molecular weight excluding hydrogens is 224 g/mol. The highest BCUT2D eigenvalue weighted by molar-refractivity contribution is 5.97. The molecule has 0 amide bonds. The molecule has 2 fully saturated rings. The first kappa shape index (κ1) is 10.5. The standard InChI is InChI=1S/C16H16O2/c17-15-9-5-6-10(7-9)16(18)14-8-13(15)11-3-1-2-4-12(11)14/h1-4,9-10,13-14H,5-8H2/t9-,10+,13-,14-/m1/s1. The van der Waals surface area contributed by atoms with Crippen LogP contribution in [0, 0.1) is 11.8 Å². The molecule has 4 bridgehead atoms. The molecule has 3 aliphatic carbocycles. The summed E-state index contributed by atoms with van der Waals surface area (Å²) in [5.41, 5.74) is 2.27. The summed E-state index contributed by atoms with van der Waals surface area (Å²) >= 11 is 0. The quantitative estimate of drug-likeness (QED) is 0.698. The van der Waals surface area contributed by atoms with Crippen LogP contribution in [0.15, 0.2) is 24.3 Å². The monoisotopic (exact) mass is 240 g/mol. The van der Waals surface area contributed by atoms with Gasteiger partial charge in [0.1, 0.15) is 11.6 Å². The molecule has 2 heteroatoms. The van der Waals surface area contributed by atoms with Gasteiger partial charge in [0.05, 0.1) is 0 Å². The van der Waals surface area contributed by atoms with Crippen LogP contribution in [0.4, 0.5) is 0 Å². The molecule has 18 heavy (non-hydrogen) atoms. The molecule has 3 aliphatic rings. The van der Waals surface area contributed by atoms with Crippen molar-refractivity contribution in [2.45, 2.75) is 37.5 Å². The van der Waals surface area contributed by atoms with Crippen molar-refractivity contribution < 1.29 is 9.59 Å².